The SMILES string of the molecule is COc1ccc(CCN)cc1OCc1ccccc1Br. The van der Waals surface area contributed by atoms with Gasteiger partial charge in [0.1, 0.15) is 6.61 Å². The molecule has 20 heavy (non-hydrogen) atoms. The molecule has 0 heterocycles. The zero-order valence-corrected chi connectivity index (χ0v) is 13.0. The van der Waals surface area contributed by atoms with Crippen LogP contribution in [0.25, 0.3) is 0 Å². The second kappa shape index (κ2) is 7.31. The molecular weight excluding hydrogens is 318 g/mol. The number of ether oxygens (including phenoxy) is 2. The Hall–Kier alpha value is -1.52. The zero-order chi connectivity index (χ0) is 14.4. The van der Waals surface area contributed by atoms with E-state index in [1.165, 1.54) is 0 Å². The Kier molecular flexibility index (Phi) is 5.44. The molecule has 0 aliphatic carbocycles. The third-order valence-electron chi connectivity index (χ3n) is 3.00. The minimum Gasteiger partial charge on any atom is -0.493 e. The van der Waals surface area contributed by atoms with E-state index in [-0.39, 0.29) is 0 Å². The Morgan fingerprint density at radius 2 is 1.90 bits per heavy atom. The quantitative estimate of drug-likeness (QED) is 0.878. The first-order valence-electron chi connectivity index (χ1n) is 6.47. The Morgan fingerprint density at radius 3 is 2.60 bits per heavy atom. The molecule has 0 aliphatic rings. The number of nitrogens with two attached hydrogens (primary N) is 1. The van der Waals surface area contributed by atoms with Crippen molar-refractivity contribution in [3.63, 3.8) is 0 Å². The van der Waals surface area contributed by atoms with Crippen LogP contribution in [-0.4, -0.2) is 13.7 Å². The smallest absolute Gasteiger partial charge is 0.161 e. The summed E-state index contributed by atoms with van der Waals surface area (Å²) in [5.74, 6) is 1.48. The maximum atomic E-state index is 5.89. The van der Waals surface area contributed by atoms with Crippen molar-refractivity contribution >= 4 is 15.9 Å². The van der Waals surface area contributed by atoms with Gasteiger partial charge in [-0.15, -0.1) is 0 Å². The normalized spacial score (nSPS) is 10.3. The van der Waals surface area contributed by atoms with Crippen LogP contribution in [0, 0.1) is 0 Å². The minimum atomic E-state index is 0.490. The van der Waals surface area contributed by atoms with Gasteiger partial charge in [0.05, 0.1) is 7.11 Å². The lowest BCUT2D eigenvalue weighted by Gasteiger charge is -2.13. The van der Waals surface area contributed by atoms with E-state index in [1.54, 1.807) is 7.11 Å². The van der Waals surface area contributed by atoms with Crippen LogP contribution < -0.4 is 15.2 Å². The largest absolute Gasteiger partial charge is 0.493 e. The molecule has 0 radical (unpaired) electrons. The average molecular weight is 336 g/mol. The molecule has 2 N–H and O–H groups in total. The molecule has 3 nitrogen and oxygen atoms in total. The fraction of sp³-hybridized carbons (Fsp3) is 0.250. The molecule has 0 unspecified atom stereocenters. The van der Waals surface area contributed by atoms with Gasteiger partial charge in [-0.05, 0) is 36.7 Å². The third-order valence-corrected chi connectivity index (χ3v) is 3.78. The van der Waals surface area contributed by atoms with Crippen molar-refractivity contribution in [3.8, 4) is 11.5 Å². The van der Waals surface area contributed by atoms with Crippen LogP contribution in [0.1, 0.15) is 11.1 Å². The molecule has 0 saturated heterocycles. The maximum Gasteiger partial charge on any atom is 0.161 e. The van der Waals surface area contributed by atoms with Crippen molar-refractivity contribution in [3.05, 3.63) is 58.1 Å². The van der Waals surface area contributed by atoms with Gasteiger partial charge in [-0.3, -0.25) is 0 Å². The van der Waals surface area contributed by atoms with Crippen molar-refractivity contribution in [1.82, 2.24) is 0 Å². The second-order valence-electron chi connectivity index (χ2n) is 4.40. The summed E-state index contributed by atoms with van der Waals surface area (Å²) < 4.78 is 12.3. The highest BCUT2D eigenvalue weighted by molar-refractivity contribution is 9.10. The Bertz CT molecular complexity index is 572. The molecule has 0 aromatic heterocycles. The van der Waals surface area contributed by atoms with Crippen molar-refractivity contribution in [1.29, 1.82) is 0 Å². The van der Waals surface area contributed by atoms with E-state index >= 15 is 0 Å². The molecule has 0 spiro atoms. The lowest BCUT2D eigenvalue weighted by molar-refractivity contribution is 0.283. The van der Waals surface area contributed by atoms with E-state index in [0.717, 1.165) is 33.5 Å². The number of hydrogen-bond acceptors (Lipinski definition) is 3. The maximum absolute atomic E-state index is 5.89. The Balaban J connectivity index is 2.15. The van der Waals surface area contributed by atoms with Gasteiger partial charge in [0.2, 0.25) is 0 Å². The fourth-order valence-electron chi connectivity index (χ4n) is 1.93. The monoisotopic (exact) mass is 335 g/mol. The number of methoxy groups -OCH3 is 1. The first-order valence-corrected chi connectivity index (χ1v) is 7.27. The first-order chi connectivity index (χ1) is 9.74. The van der Waals surface area contributed by atoms with Gasteiger partial charge in [0, 0.05) is 10.0 Å². The molecule has 2 aromatic rings. The van der Waals surface area contributed by atoms with E-state index in [2.05, 4.69) is 15.9 Å². The molecule has 2 aromatic carbocycles. The second-order valence-corrected chi connectivity index (χ2v) is 5.26. The highest BCUT2D eigenvalue weighted by Crippen LogP contribution is 2.29. The molecule has 0 fully saturated rings. The predicted molar refractivity (Wildman–Crippen MR) is 84.2 cm³/mol. The van der Waals surface area contributed by atoms with E-state index < -0.39 is 0 Å². The summed E-state index contributed by atoms with van der Waals surface area (Å²) >= 11 is 3.52. The van der Waals surface area contributed by atoms with Gasteiger partial charge in [-0.2, -0.15) is 0 Å². The van der Waals surface area contributed by atoms with Crippen molar-refractivity contribution in [2.45, 2.75) is 13.0 Å². The van der Waals surface area contributed by atoms with Crippen molar-refractivity contribution < 1.29 is 9.47 Å². The van der Waals surface area contributed by atoms with E-state index in [4.69, 9.17) is 15.2 Å². The summed E-state index contributed by atoms with van der Waals surface area (Å²) in [4.78, 5) is 0. The summed E-state index contributed by atoms with van der Waals surface area (Å²) in [5, 5.41) is 0. The predicted octanol–water partition coefficient (Wildman–Crippen LogP) is 3.54. The summed E-state index contributed by atoms with van der Waals surface area (Å²) in [6.45, 7) is 1.11. The average Bonchev–Trinajstić information content (AvgIpc) is 2.47. The Labute approximate surface area is 127 Å². The van der Waals surface area contributed by atoms with E-state index in [1.807, 2.05) is 42.5 Å². The summed E-state index contributed by atoms with van der Waals surface area (Å²) in [6.07, 6.45) is 0.829. The standard InChI is InChI=1S/C16H18BrNO2/c1-19-15-7-6-12(8-9-18)10-16(15)20-11-13-4-2-3-5-14(13)17/h2-7,10H,8-9,11,18H2,1H3. The van der Waals surface area contributed by atoms with Crippen LogP contribution in [0.4, 0.5) is 0 Å². The van der Waals surface area contributed by atoms with Crippen molar-refractivity contribution in [2.24, 2.45) is 5.73 Å². The van der Waals surface area contributed by atoms with Crippen LogP contribution in [0.3, 0.4) is 0 Å². The lowest BCUT2D eigenvalue weighted by atomic mass is 10.1. The van der Waals surface area contributed by atoms with Crippen LogP contribution >= 0.6 is 15.9 Å². The molecule has 4 heteroatoms. The van der Waals surface area contributed by atoms with Gasteiger partial charge in [0.25, 0.3) is 0 Å². The van der Waals surface area contributed by atoms with Gasteiger partial charge >= 0.3 is 0 Å². The molecule has 106 valence electrons. The van der Waals surface area contributed by atoms with Gasteiger partial charge < -0.3 is 15.2 Å². The molecule has 0 atom stereocenters. The van der Waals surface area contributed by atoms with Crippen molar-refractivity contribution in [2.75, 3.05) is 13.7 Å². The number of rotatable bonds is 6. The highest BCUT2D eigenvalue weighted by atomic mass is 79.9. The molecule has 0 aliphatic heterocycles. The molecule has 0 saturated carbocycles. The number of halogens is 1. The molecule has 2 rings (SSSR count). The van der Waals surface area contributed by atoms with Crippen LogP contribution in [0.5, 0.6) is 11.5 Å². The Morgan fingerprint density at radius 1 is 1.10 bits per heavy atom. The van der Waals surface area contributed by atoms with Gasteiger partial charge in [0.15, 0.2) is 11.5 Å². The lowest BCUT2D eigenvalue weighted by Crippen LogP contribution is -2.04. The fourth-order valence-corrected chi connectivity index (χ4v) is 2.33. The highest BCUT2D eigenvalue weighted by Gasteiger charge is 2.07. The van der Waals surface area contributed by atoms with E-state index in [0.29, 0.717) is 13.2 Å². The van der Waals surface area contributed by atoms with Gasteiger partial charge in [-0.25, -0.2) is 0 Å². The number of hydrogen-bond donors (Lipinski definition) is 1. The van der Waals surface area contributed by atoms with Crippen LogP contribution in [0.2, 0.25) is 0 Å². The molecular formula is C16H18BrNO2. The van der Waals surface area contributed by atoms with Crippen LogP contribution in [0.15, 0.2) is 46.9 Å². The number of benzene rings is 2. The minimum absolute atomic E-state index is 0.490. The summed E-state index contributed by atoms with van der Waals surface area (Å²) in [6, 6.07) is 13.9. The van der Waals surface area contributed by atoms with E-state index in [9.17, 15) is 0 Å². The third kappa shape index (κ3) is 3.74. The summed E-state index contributed by atoms with van der Waals surface area (Å²) in [5.41, 5.74) is 7.83. The summed E-state index contributed by atoms with van der Waals surface area (Å²) in [7, 11) is 1.64. The molecule has 0 bridgehead atoms. The zero-order valence-electron chi connectivity index (χ0n) is 11.4. The first kappa shape index (κ1) is 14.9. The van der Waals surface area contributed by atoms with Gasteiger partial charge in [-0.1, -0.05) is 40.2 Å². The van der Waals surface area contributed by atoms with Crippen LogP contribution in [-0.2, 0) is 13.0 Å². The topological polar surface area (TPSA) is 44.5 Å². The molecule has 0 amide bonds.